The Labute approximate surface area is 165 Å². The molecule has 1 aliphatic rings. The van der Waals surface area contributed by atoms with Crippen LogP contribution in [0.1, 0.15) is 5.56 Å². The molecule has 1 N–H and O–H groups in total. The zero-order valence-corrected chi connectivity index (χ0v) is 15.8. The molecule has 1 amide bonds. The van der Waals surface area contributed by atoms with Gasteiger partial charge in [-0.1, -0.05) is 17.7 Å². The number of benzene rings is 2. The molecule has 8 heteroatoms. The van der Waals surface area contributed by atoms with E-state index in [2.05, 4.69) is 10.3 Å². The van der Waals surface area contributed by atoms with E-state index in [-0.39, 0.29) is 12.5 Å². The van der Waals surface area contributed by atoms with E-state index in [0.717, 1.165) is 5.56 Å². The first-order valence-electron chi connectivity index (χ1n) is 7.82. The molecule has 1 heterocycles. The Morgan fingerprint density at radius 1 is 1.26 bits per heavy atom. The van der Waals surface area contributed by atoms with Crippen LogP contribution < -0.4 is 14.8 Å². The van der Waals surface area contributed by atoms with Crippen molar-refractivity contribution in [3.8, 4) is 17.6 Å². The van der Waals surface area contributed by atoms with Gasteiger partial charge in [0.25, 0.3) is 5.91 Å². The molecule has 136 valence electrons. The van der Waals surface area contributed by atoms with Crippen molar-refractivity contribution in [2.24, 2.45) is 4.99 Å². The predicted octanol–water partition coefficient (Wildman–Crippen LogP) is 4.14. The zero-order chi connectivity index (χ0) is 19.2. The summed E-state index contributed by atoms with van der Waals surface area (Å²) in [6.07, 6.45) is 1.74. The molecule has 0 radical (unpaired) electrons. The molecule has 0 atom stereocenters. The van der Waals surface area contributed by atoms with Crippen molar-refractivity contribution in [2.75, 3.05) is 13.7 Å². The standard InChI is InChI=1S/C19H14ClN3O3S/c1-25-16-10-12(2-7-15(16)26-9-8-21)11-17-18(24)23-19(27-17)22-14-5-3-13(20)4-6-14/h2-7,10-11H,9H2,1H3,(H,22,23,24)/b17-11-. The van der Waals surface area contributed by atoms with E-state index in [1.54, 1.807) is 48.5 Å². The van der Waals surface area contributed by atoms with Crippen molar-refractivity contribution < 1.29 is 14.3 Å². The molecule has 0 spiro atoms. The van der Waals surface area contributed by atoms with Crippen molar-refractivity contribution >= 4 is 46.2 Å². The second kappa shape index (κ2) is 8.62. The molecule has 6 nitrogen and oxygen atoms in total. The van der Waals surface area contributed by atoms with Gasteiger partial charge in [-0.3, -0.25) is 4.79 Å². The number of amides is 1. The van der Waals surface area contributed by atoms with Gasteiger partial charge >= 0.3 is 0 Å². The lowest BCUT2D eigenvalue weighted by atomic mass is 10.2. The third-order valence-corrected chi connectivity index (χ3v) is 4.65. The average Bonchev–Trinajstić information content (AvgIpc) is 3.01. The fraction of sp³-hybridized carbons (Fsp3) is 0.105. The number of rotatable bonds is 5. The van der Waals surface area contributed by atoms with Crippen LogP contribution in [0, 0.1) is 11.3 Å². The Hall–Kier alpha value is -2.95. The highest BCUT2D eigenvalue weighted by atomic mass is 35.5. The molecule has 27 heavy (non-hydrogen) atoms. The van der Waals surface area contributed by atoms with Crippen LogP contribution in [0.25, 0.3) is 6.08 Å². The summed E-state index contributed by atoms with van der Waals surface area (Å²) in [6.45, 7) is -0.0699. The van der Waals surface area contributed by atoms with E-state index in [0.29, 0.717) is 32.3 Å². The molecule has 3 rings (SSSR count). The number of hydrogen-bond donors (Lipinski definition) is 1. The Bertz CT molecular complexity index is 965. The second-order valence-electron chi connectivity index (χ2n) is 5.32. The van der Waals surface area contributed by atoms with Gasteiger partial charge in [0, 0.05) is 5.02 Å². The number of thioether (sulfide) groups is 1. The minimum atomic E-state index is -0.225. The van der Waals surface area contributed by atoms with Crippen molar-refractivity contribution in [1.82, 2.24) is 5.32 Å². The number of nitrogens with one attached hydrogen (secondary N) is 1. The van der Waals surface area contributed by atoms with E-state index in [9.17, 15) is 4.79 Å². The summed E-state index contributed by atoms with van der Waals surface area (Å²) in [7, 11) is 1.51. The minimum absolute atomic E-state index is 0.0699. The minimum Gasteiger partial charge on any atom is -0.493 e. The summed E-state index contributed by atoms with van der Waals surface area (Å²) in [5, 5.41) is 12.5. The molecule has 2 aromatic rings. The van der Waals surface area contributed by atoms with E-state index in [4.69, 9.17) is 26.3 Å². The van der Waals surface area contributed by atoms with Gasteiger partial charge in [-0.2, -0.15) is 5.26 Å². The highest BCUT2D eigenvalue weighted by Gasteiger charge is 2.24. The number of nitrogens with zero attached hydrogens (tertiary/aromatic N) is 2. The molecule has 0 unspecified atom stereocenters. The molecular weight excluding hydrogens is 386 g/mol. The highest BCUT2D eigenvalue weighted by Crippen LogP contribution is 2.32. The van der Waals surface area contributed by atoms with Crippen molar-refractivity contribution in [3.05, 3.63) is 58.0 Å². The van der Waals surface area contributed by atoms with E-state index >= 15 is 0 Å². The first-order chi connectivity index (χ1) is 13.1. The Morgan fingerprint density at radius 2 is 2.04 bits per heavy atom. The topological polar surface area (TPSA) is 83.7 Å². The van der Waals surface area contributed by atoms with Crippen LogP contribution in [0.4, 0.5) is 5.69 Å². The molecule has 1 aliphatic heterocycles. The maximum Gasteiger partial charge on any atom is 0.264 e. The predicted molar refractivity (Wildman–Crippen MR) is 106 cm³/mol. The van der Waals surface area contributed by atoms with Crippen LogP contribution in [0.5, 0.6) is 11.5 Å². The number of nitriles is 1. The van der Waals surface area contributed by atoms with Crippen LogP contribution in [0.3, 0.4) is 0 Å². The van der Waals surface area contributed by atoms with Gasteiger partial charge in [-0.05, 0) is 59.8 Å². The SMILES string of the molecule is COc1cc(/C=C2\SC(=Nc3ccc(Cl)cc3)NC2=O)ccc1OCC#N. The number of halogens is 1. The lowest BCUT2D eigenvalue weighted by Gasteiger charge is -2.08. The lowest BCUT2D eigenvalue weighted by molar-refractivity contribution is -0.115. The van der Waals surface area contributed by atoms with Gasteiger partial charge < -0.3 is 14.8 Å². The number of amidine groups is 1. The lowest BCUT2D eigenvalue weighted by Crippen LogP contribution is -2.19. The fourth-order valence-corrected chi connectivity index (χ4v) is 3.24. The number of carbonyl (C=O) groups excluding carboxylic acids is 1. The Balaban J connectivity index is 1.80. The Kier molecular flexibility index (Phi) is 6.01. The monoisotopic (exact) mass is 399 g/mol. The van der Waals surface area contributed by atoms with E-state index in [1.807, 2.05) is 6.07 Å². The molecule has 2 aromatic carbocycles. The average molecular weight is 400 g/mol. The fourth-order valence-electron chi connectivity index (χ4n) is 2.27. The van der Waals surface area contributed by atoms with Crippen LogP contribution in [0.15, 0.2) is 52.4 Å². The number of carbonyl (C=O) groups is 1. The molecule has 0 aromatic heterocycles. The smallest absolute Gasteiger partial charge is 0.264 e. The summed E-state index contributed by atoms with van der Waals surface area (Å²) in [5.74, 6) is 0.726. The van der Waals surface area contributed by atoms with Crippen molar-refractivity contribution in [1.29, 1.82) is 5.26 Å². The molecule has 1 saturated heterocycles. The summed E-state index contributed by atoms with van der Waals surface area (Å²) in [4.78, 5) is 17.1. The molecule has 1 fully saturated rings. The van der Waals surface area contributed by atoms with Gasteiger partial charge in [0.1, 0.15) is 6.07 Å². The number of aliphatic imine (C=N–C) groups is 1. The maximum absolute atomic E-state index is 12.2. The van der Waals surface area contributed by atoms with Crippen LogP contribution >= 0.6 is 23.4 Å². The van der Waals surface area contributed by atoms with Crippen LogP contribution in [-0.2, 0) is 4.79 Å². The third-order valence-electron chi connectivity index (χ3n) is 3.49. The first kappa shape index (κ1) is 18.8. The molecular formula is C19H14ClN3O3S. The van der Waals surface area contributed by atoms with E-state index in [1.165, 1.54) is 18.9 Å². The van der Waals surface area contributed by atoms with Crippen molar-refractivity contribution in [2.45, 2.75) is 0 Å². The highest BCUT2D eigenvalue weighted by molar-refractivity contribution is 8.18. The Morgan fingerprint density at radius 3 is 2.74 bits per heavy atom. The number of hydrogen-bond acceptors (Lipinski definition) is 6. The van der Waals surface area contributed by atoms with Gasteiger partial charge in [0.05, 0.1) is 17.7 Å². The molecule has 0 aliphatic carbocycles. The zero-order valence-electron chi connectivity index (χ0n) is 14.2. The summed E-state index contributed by atoms with van der Waals surface area (Å²) in [5.41, 5.74) is 1.46. The molecule has 0 bridgehead atoms. The molecule has 0 saturated carbocycles. The van der Waals surface area contributed by atoms with Crippen molar-refractivity contribution in [3.63, 3.8) is 0 Å². The van der Waals surface area contributed by atoms with Crippen LogP contribution in [0.2, 0.25) is 5.02 Å². The summed E-state index contributed by atoms with van der Waals surface area (Å²) >= 11 is 7.11. The summed E-state index contributed by atoms with van der Waals surface area (Å²) in [6, 6.07) is 14.1. The van der Waals surface area contributed by atoms with Gasteiger partial charge in [-0.15, -0.1) is 0 Å². The van der Waals surface area contributed by atoms with Gasteiger partial charge in [-0.25, -0.2) is 4.99 Å². The van der Waals surface area contributed by atoms with Crippen LogP contribution in [-0.4, -0.2) is 24.8 Å². The second-order valence-corrected chi connectivity index (χ2v) is 6.78. The quantitative estimate of drug-likeness (QED) is 0.764. The summed E-state index contributed by atoms with van der Waals surface area (Å²) < 4.78 is 10.6. The normalized spacial score (nSPS) is 16.3. The maximum atomic E-state index is 12.2. The van der Waals surface area contributed by atoms with Gasteiger partial charge in [0.2, 0.25) is 0 Å². The third kappa shape index (κ3) is 4.82. The number of methoxy groups -OCH3 is 1. The van der Waals surface area contributed by atoms with E-state index < -0.39 is 0 Å². The first-order valence-corrected chi connectivity index (χ1v) is 9.01. The largest absolute Gasteiger partial charge is 0.493 e. The number of ether oxygens (including phenoxy) is 2. The van der Waals surface area contributed by atoms with Gasteiger partial charge in [0.15, 0.2) is 23.3 Å².